The van der Waals surface area contributed by atoms with Crippen molar-refractivity contribution in [1.82, 2.24) is 19.7 Å². The van der Waals surface area contributed by atoms with Crippen molar-refractivity contribution in [2.24, 2.45) is 7.05 Å². The number of amides is 1. The minimum absolute atomic E-state index is 0.261. The lowest BCUT2D eigenvalue weighted by Crippen LogP contribution is -2.44. The molecule has 1 heterocycles. The van der Waals surface area contributed by atoms with Crippen LogP contribution in [0.3, 0.4) is 0 Å². The van der Waals surface area contributed by atoms with Crippen molar-refractivity contribution in [3.05, 3.63) is 91.8 Å². The summed E-state index contributed by atoms with van der Waals surface area (Å²) in [5, 5.41) is 6.73. The van der Waals surface area contributed by atoms with Gasteiger partial charge in [0.25, 0.3) is 11.5 Å². The maximum atomic E-state index is 12.6. The molecule has 1 N–H and O–H groups in total. The summed E-state index contributed by atoms with van der Waals surface area (Å²) < 4.78 is 1.95. The Morgan fingerprint density at radius 3 is 2.21 bits per heavy atom. The monoisotopic (exact) mass is 378 g/mol. The Hall–Kier alpha value is -3.48. The van der Waals surface area contributed by atoms with E-state index in [1.54, 1.807) is 12.1 Å². The van der Waals surface area contributed by atoms with Crippen LogP contribution in [-0.4, -0.2) is 20.3 Å². The summed E-state index contributed by atoms with van der Waals surface area (Å²) in [6, 6.07) is 14.9. The molecule has 0 radical (unpaired) electrons. The van der Waals surface area contributed by atoms with Gasteiger partial charge in [-0.05, 0) is 36.6 Å². The number of nitrogens with one attached hydrogen (secondary N) is 1. The Balaban J connectivity index is 1.89. The van der Waals surface area contributed by atoms with E-state index >= 15 is 0 Å². The lowest BCUT2D eigenvalue weighted by Gasteiger charge is -2.10. The number of carbonyl (C=O) groups is 1. The highest BCUT2D eigenvalue weighted by Crippen LogP contribution is 2.06. The van der Waals surface area contributed by atoms with Crippen LogP contribution in [0.15, 0.2) is 58.1 Å². The van der Waals surface area contributed by atoms with E-state index in [1.165, 1.54) is 12.6 Å². The predicted molar refractivity (Wildman–Crippen MR) is 107 cm³/mol. The van der Waals surface area contributed by atoms with Gasteiger partial charge in [0.1, 0.15) is 0 Å². The van der Waals surface area contributed by atoms with Gasteiger partial charge in [0.15, 0.2) is 0 Å². The third-order valence-corrected chi connectivity index (χ3v) is 4.55. The Labute approximate surface area is 162 Å². The van der Waals surface area contributed by atoms with E-state index in [4.69, 9.17) is 0 Å². The largest absolute Gasteiger partial charge is 0.351 e. The summed E-state index contributed by atoms with van der Waals surface area (Å²) in [5.41, 5.74) is 1.95. The van der Waals surface area contributed by atoms with E-state index in [0.717, 1.165) is 26.8 Å². The fraction of sp³-hybridized carbons (Fsp3) is 0.238. The molecular formula is C21H22N4O3. The molecule has 28 heavy (non-hydrogen) atoms. The molecule has 7 nitrogen and oxygen atoms in total. The zero-order valence-electron chi connectivity index (χ0n) is 16.1. The van der Waals surface area contributed by atoms with Crippen LogP contribution in [0.25, 0.3) is 5.69 Å². The second-order valence-corrected chi connectivity index (χ2v) is 6.60. The highest BCUT2D eigenvalue weighted by molar-refractivity contribution is 5.91. The molecule has 7 heteroatoms. The van der Waals surface area contributed by atoms with Crippen molar-refractivity contribution in [1.29, 1.82) is 0 Å². The van der Waals surface area contributed by atoms with Crippen LogP contribution in [-0.2, 0) is 20.0 Å². The van der Waals surface area contributed by atoms with Crippen LogP contribution >= 0.6 is 0 Å². The molecule has 0 saturated heterocycles. The second kappa shape index (κ2) is 8.04. The van der Waals surface area contributed by atoms with Gasteiger partial charge in [-0.3, -0.25) is 14.2 Å². The number of benzene rings is 2. The number of rotatable bonds is 5. The molecule has 2 aromatic carbocycles. The molecule has 1 aromatic heterocycles. The first kappa shape index (κ1) is 19.3. The average Bonchev–Trinajstić information content (AvgIpc) is 2.72. The Morgan fingerprint density at radius 1 is 1.00 bits per heavy atom. The molecule has 144 valence electrons. The van der Waals surface area contributed by atoms with E-state index in [9.17, 15) is 14.4 Å². The quantitative estimate of drug-likeness (QED) is 0.733. The Morgan fingerprint density at radius 2 is 1.61 bits per heavy atom. The van der Waals surface area contributed by atoms with Crippen LogP contribution in [0.2, 0.25) is 0 Å². The van der Waals surface area contributed by atoms with Crippen molar-refractivity contribution < 1.29 is 4.79 Å². The maximum Gasteiger partial charge on any atom is 0.351 e. The molecule has 0 aliphatic carbocycles. The number of hydrogen-bond donors (Lipinski definition) is 1. The van der Waals surface area contributed by atoms with E-state index in [-0.39, 0.29) is 12.2 Å². The number of nitrogens with zero attached hydrogens (tertiary/aromatic N) is 3. The van der Waals surface area contributed by atoms with E-state index in [1.807, 2.05) is 43.3 Å². The van der Waals surface area contributed by atoms with Gasteiger partial charge >= 0.3 is 5.69 Å². The summed E-state index contributed by atoms with van der Waals surface area (Å²) in [4.78, 5) is 37.4. The van der Waals surface area contributed by atoms with Crippen LogP contribution < -0.4 is 16.6 Å². The summed E-state index contributed by atoms with van der Waals surface area (Å²) >= 11 is 0. The number of aromatic nitrogens is 3. The third-order valence-electron chi connectivity index (χ3n) is 4.55. The van der Waals surface area contributed by atoms with Crippen LogP contribution in [0.4, 0.5) is 0 Å². The fourth-order valence-electron chi connectivity index (χ4n) is 2.73. The lowest BCUT2D eigenvalue weighted by atomic mass is 10.1. The van der Waals surface area contributed by atoms with Crippen LogP contribution in [0, 0.1) is 6.92 Å². The summed E-state index contributed by atoms with van der Waals surface area (Å²) in [6.07, 6.45) is 0.938. The molecule has 0 aliphatic rings. The molecule has 0 aliphatic heterocycles. The molecule has 0 spiro atoms. The first-order valence-corrected chi connectivity index (χ1v) is 9.04. The molecule has 3 rings (SSSR count). The van der Waals surface area contributed by atoms with E-state index in [2.05, 4.69) is 17.3 Å². The van der Waals surface area contributed by atoms with Crippen LogP contribution in [0.1, 0.15) is 34.1 Å². The topological polar surface area (TPSA) is 86.0 Å². The van der Waals surface area contributed by atoms with Gasteiger partial charge in [0, 0.05) is 13.6 Å². The van der Waals surface area contributed by atoms with E-state index < -0.39 is 17.2 Å². The Kier molecular flexibility index (Phi) is 5.54. The predicted octanol–water partition coefficient (Wildman–Crippen LogP) is 1.73. The summed E-state index contributed by atoms with van der Waals surface area (Å²) in [7, 11) is 1.33. The minimum Gasteiger partial charge on any atom is -0.346 e. The molecule has 0 saturated carbocycles. The second-order valence-electron chi connectivity index (χ2n) is 6.60. The first-order valence-electron chi connectivity index (χ1n) is 9.04. The smallest absolute Gasteiger partial charge is 0.346 e. The molecule has 1 amide bonds. The van der Waals surface area contributed by atoms with Gasteiger partial charge in [0.2, 0.25) is 5.69 Å². The van der Waals surface area contributed by atoms with Crippen molar-refractivity contribution in [2.45, 2.75) is 26.8 Å². The van der Waals surface area contributed by atoms with Gasteiger partial charge in [-0.25, -0.2) is 4.79 Å². The highest BCUT2D eigenvalue weighted by Gasteiger charge is 2.18. The van der Waals surface area contributed by atoms with E-state index in [0.29, 0.717) is 5.69 Å². The standard InChI is InChI=1S/C21H22N4O3/c1-4-15-7-9-16(10-8-15)13-22-19(26)18-20(27)24(3)21(28)25(23-18)17-11-5-14(2)6-12-17/h5-12H,4,13H2,1-3H3,(H,22,26). The number of carbonyl (C=O) groups excluding carboxylic acids is 1. The molecule has 0 fully saturated rings. The third kappa shape index (κ3) is 3.93. The molecular weight excluding hydrogens is 356 g/mol. The highest BCUT2D eigenvalue weighted by atomic mass is 16.2. The zero-order valence-corrected chi connectivity index (χ0v) is 16.1. The summed E-state index contributed by atoms with van der Waals surface area (Å²) in [5.74, 6) is -0.624. The van der Waals surface area contributed by atoms with Crippen molar-refractivity contribution >= 4 is 5.91 Å². The maximum absolute atomic E-state index is 12.6. The average molecular weight is 378 g/mol. The molecule has 0 atom stereocenters. The summed E-state index contributed by atoms with van der Waals surface area (Å²) in [6.45, 7) is 4.26. The zero-order chi connectivity index (χ0) is 20.3. The number of aryl methyl sites for hydroxylation is 2. The van der Waals surface area contributed by atoms with Crippen molar-refractivity contribution in [3.8, 4) is 5.69 Å². The minimum atomic E-state index is -0.729. The number of hydrogen-bond acceptors (Lipinski definition) is 4. The fourth-order valence-corrected chi connectivity index (χ4v) is 2.73. The van der Waals surface area contributed by atoms with Gasteiger partial charge in [-0.15, -0.1) is 0 Å². The lowest BCUT2D eigenvalue weighted by molar-refractivity contribution is 0.0941. The van der Waals surface area contributed by atoms with Crippen LogP contribution in [0.5, 0.6) is 0 Å². The normalized spacial score (nSPS) is 10.7. The van der Waals surface area contributed by atoms with Gasteiger partial charge in [0.05, 0.1) is 5.69 Å². The molecule has 0 unspecified atom stereocenters. The Bertz CT molecular complexity index is 1110. The SMILES string of the molecule is CCc1ccc(CNC(=O)c2nn(-c3ccc(C)cc3)c(=O)n(C)c2=O)cc1. The molecule has 3 aromatic rings. The van der Waals surface area contributed by atoms with Crippen molar-refractivity contribution in [2.75, 3.05) is 0 Å². The molecule has 0 bridgehead atoms. The van der Waals surface area contributed by atoms with Gasteiger partial charge in [-0.1, -0.05) is 48.9 Å². The van der Waals surface area contributed by atoms with Gasteiger partial charge in [-0.2, -0.15) is 9.78 Å². The van der Waals surface area contributed by atoms with Crippen molar-refractivity contribution in [3.63, 3.8) is 0 Å². The van der Waals surface area contributed by atoms with Gasteiger partial charge < -0.3 is 5.32 Å². The first-order chi connectivity index (χ1) is 13.4.